The maximum absolute atomic E-state index is 9.13. The molecule has 0 aromatic heterocycles. The Bertz CT molecular complexity index is 533. The van der Waals surface area contributed by atoms with E-state index in [2.05, 4.69) is 17.5 Å². The Kier molecular flexibility index (Phi) is 5.25. The van der Waals surface area contributed by atoms with Crippen molar-refractivity contribution in [3.05, 3.63) is 40.3 Å². The lowest BCUT2D eigenvalue weighted by Crippen LogP contribution is -2.23. The van der Waals surface area contributed by atoms with Crippen molar-refractivity contribution in [2.24, 2.45) is 5.73 Å². The van der Waals surface area contributed by atoms with Crippen LogP contribution in [0.5, 0.6) is 0 Å². The molecule has 1 heterocycles. The number of hydrogen-bond donors (Lipinski definition) is 3. The highest BCUT2D eigenvalue weighted by atomic mass is 79.9. The van der Waals surface area contributed by atoms with Crippen LogP contribution >= 0.6 is 28.7 Å². The molecule has 0 unspecified atom stereocenters. The van der Waals surface area contributed by atoms with Gasteiger partial charge >= 0.3 is 0 Å². The zero-order chi connectivity index (χ0) is 12.3. The van der Waals surface area contributed by atoms with Crippen molar-refractivity contribution >= 4 is 39.6 Å². The molecule has 0 saturated heterocycles. The number of amidine groups is 1. The van der Waals surface area contributed by atoms with Crippen LogP contribution < -0.4 is 11.1 Å². The molecule has 0 atom stereocenters. The lowest BCUT2D eigenvalue weighted by molar-refractivity contribution is 0.814. The van der Waals surface area contributed by atoms with Crippen LogP contribution in [0.15, 0.2) is 29.2 Å². The van der Waals surface area contributed by atoms with Crippen LogP contribution in [-0.2, 0) is 6.42 Å². The minimum atomic E-state index is -0.0705. The summed E-state index contributed by atoms with van der Waals surface area (Å²) < 4.78 is 0. The van der Waals surface area contributed by atoms with Crippen LogP contribution in [0.25, 0.3) is 5.70 Å². The van der Waals surface area contributed by atoms with E-state index in [1.54, 1.807) is 0 Å². The summed E-state index contributed by atoms with van der Waals surface area (Å²) in [7, 11) is 0. The number of nitrogens with zero attached hydrogens (tertiary/aromatic N) is 1. The smallest absolute Gasteiger partial charge is 0.156 e. The molecular formula is C12H13BrN4S. The molecule has 94 valence electrons. The molecule has 0 fully saturated rings. The minimum absolute atomic E-state index is 0. The Labute approximate surface area is 121 Å². The number of fused-ring (bicyclic) bond motifs is 1. The molecule has 0 amide bonds. The first-order valence-electron chi connectivity index (χ1n) is 5.20. The summed E-state index contributed by atoms with van der Waals surface area (Å²) in [6.45, 7) is 0.802. The van der Waals surface area contributed by atoms with Crippen LogP contribution in [0.4, 0.5) is 0 Å². The molecule has 1 aromatic carbocycles. The lowest BCUT2D eigenvalue weighted by atomic mass is 9.98. The molecule has 4 N–H and O–H groups in total. The van der Waals surface area contributed by atoms with E-state index in [4.69, 9.17) is 16.4 Å². The van der Waals surface area contributed by atoms with Crippen LogP contribution in [0, 0.1) is 16.7 Å². The number of halogens is 1. The number of nitriles is 1. The average molecular weight is 325 g/mol. The molecule has 0 saturated carbocycles. The quantitative estimate of drug-likeness (QED) is 0.420. The summed E-state index contributed by atoms with van der Waals surface area (Å²) in [6.07, 6.45) is 0.948. The Morgan fingerprint density at radius 2 is 2.17 bits per heavy atom. The van der Waals surface area contributed by atoms with Crippen molar-refractivity contribution in [3.8, 4) is 6.07 Å². The van der Waals surface area contributed by atoms with Gasteiger partial charge in [0.05, 0.1) is 5.70 Å². The maximum atomic E-state index is 9.13. The number of benzene rings is 1. The number of hydrogen-bond acceptors (Lipinski definition) is 4. The summed E-state index contributed by atoms with van der Waals surface area (Å²) in [5.74, 6) is 0. The van der Waals surface area contributed by atoms with Crippen molar-refractivity contribution in [1.82, 2.24) is 5.32 Å². The summed E-state index contributed by atoms with van der Waals surface area (Å²) in [5, 5.41) is 19.5. The predicted octanol–water partition coefficient (Wildman–Crippen LogP) is 2.23. The number of thioether (sulfide) groups is 1. The third-order valence-electron chi connectivity index (χ3n) is 2.52. The van der Waals surface area contributed by atoms with E-state index in [1.165, 1.54) is 5.56 Å². The average Bonchev–Trinajstić information content (AvgIpc) is 2.35. The molecule has 1 aromatic rings. The molecule has 6 heteroatoms. The van der Waals surface area contributed by atoms with Gasteiger partial charge in [-0.25, -0.2) is 0 Å². The normalized spacial score (nSPS) is 15.5. The van der Waals surface area contributed by atoms with E-state index in [1.807, 2.05) is 18.2 Å². The molecular weight excluding hydrogens is 312 g/mol. The fraction of sp³-hybridized carbons (Fsp3) is 0.167. The van der Waals surface area contributed by atoms with Crippen LogP contribution in [0.2, 0.25) is 0 Å². The molecule has 0 aliphatic carbocycles. The topological polar surface area (TPSA) is 85.7 Å². The molecule has 0 spiro atoms. The van der Waals surface area contributed by atoms with Crippen molar-refractivity contribution in [2.75, 3.05) is 6.54 Å². The molecule has 2 rings (SSSR count). The zero-order valence-electron chi connectivity index (χ0n) is 9.56. The summed E-state index contributed by atoms with van der Waals surface area (Å²) >= 11 is 0.987. The minimum Gasteiger partial charge on any atom is -0.383 e. The third kappa shape index (κ3) is 3.06. The number of nitrogens with two attached hydrogens (primary N) is 1. The molecule has 18 heavy (non-hydrogen) atoms. The van der Waals surface area contributed by atoms with E-state index in [0.717, 1.165) is 36.0 Å². The second-order valence-electron chi connectivity index (χ2n) is 3.62. The number of nitrogens with one attached hydrogen (secondary N) is 2. The Balaban J connectivity index is 0.00000162. The van der Waals surface area contributed by atoms with E-state index in [-0.39, 0.29) is 22.1 Å². The van der Waals surface area contributed by atoms with Crippen LogP contribution in [0.1, 0.15) is 11.1 Å². The summed E-state index contributed by atoms with van der Waals surface area (Å²) in [4.78, 5) is 0.449. The number of rotatable bonds is 1. The second-order valence-corrected chi connectivity index (χ2v) is 4.67. The molecule has 0 radical (unpaired) electrons. The SMILES string of the molecule is Br.N#C/C(SC(=N)N)=C1\NCCc2ccccc21. The highest BCUT2D eigenvalue weighted by molar-refractivity contribution is 8.93. The van der Waals surface area contributed by atoms with Gasteiger partial charge in [-0.1, -0.05) is 24.3 Å². The second kappa shape index (κ2) is 6.47. The Morgan fingerprint density at radius 3 is 2.83 bits per heavy atom. The van der Waals surface area contributed by atoms with E-state index in [0.29, 0.717) is 4.91 Å². The first-order valence-corrected chi connectivity index (χ1v) is 6.02. The first-order chi connectivity index (χ1) is 8.22. The zero-order valence-corrected chi connectivity index (χ0v) is 12.1. The Hall–Kier alpha value is -1.45. The summed E-state index contributed by atoms with van der Waals surface area (Å²) in [6, 6.07) is 10.1. The van der Waals surface area contributed by atoms with Gasteiger partial charge in [-0.15, -0.1) is 17.0 Å². The highest BCUT2D eigenvalue weighted by Gasteiger charge is 2.17. The van der Waals surface area contributed by atoms with Gasteiger partial charge in [0.15, 0.2) is 5.17 Å². The van der Waals surface area contributed by atoms with Gasteiger partial charge in [-0.05, 0) is 23.7 Å². The van der Waals surface area contributed by atoms with Crippen LogP contribution in [-0.4, -0.2) is 11.7 Å². The maximum Gasteiger partial charge on any atom is 0.156 e. The lowest BCUT2D eigenvalue weighted by Gasteiger charge is -2.21. The number of allylic oxidation sites excluding steroid dienone is 1. The fourth-order valence-corrected chi connectivity index (χ4v) is 2.39. The van der Waals surface area contributed by atoms with E-state index >= 15 is 0 Å². The van der Waals surface area contributed by atoms with Gasteiger partial charge in [0.2, 0.25) is 0 Å². The largest absolute Gasteiger partial charge is 0.383 e. The molecule has 1 aliphatic rings. The third-order valence-corrected chi connectivity index (χ3v) is 3.24. The monoisotopic (exact) mass is 324 g/mol. The van der Waals surface area contributed by atoms with Crippen molar-refractivity contribution in [1.29, 1.82) is 10.7 Å². The fourth-order valence-electron chi connectivity index (χ4n) is 1.84. The van der Waals surface area contributed by atoms with E-state index in [9.17, 15) is 0 Å². The van der Waals surface area contributed by atoms with Crippen molar-refractivity contribution in [3.63, 3.8) is 0 Å². The summed E-state index contributed by atoms with van der Waals surface area (Å²) in [5.41, 5.74) is 8.37. The van der Waals surface area contributed by atoms with Gasteiger partial charge in [-0.2, -0.15) is 5.26 Å². The molecule has 1 aliphatic heterocycles. The standard InChI is InChI=1S/C12H12N4S.BrH/c13-7-10(17-12(14)15)11-9-4-2-1-3-8(9)5-6-16-11;/h1-4,16H,5-6H2,(H3,14,15);1H/b11-10+;. The van der Waals surface area contributed by atoms with Gasteiger partial charge in [0, 0.05) is 12.1 Å². The van der Waals surface area contributed by atoms with E-state index < -0.39 is 0 Å². The van der Waals surface area contributed by atoms with Gasteiger partial charge < -0.3 is 11.1 Å². The highest BCUT2D eigenvalue weighted by Crippen LogP contribution is 2.29. The molecule has 0 bridgehead atoms. The molecule has 4 nitrogen and oxygen atoms in total. The van der Waals surface area contributed by atoms with Gasteiger partial charge in [-0.3, -0.25) is 5.41 Å². The van der Waals surface area contributed by atoms with Crippen molar-refractivity contribution < 1.29 is 0 Å². The predicted molar refractivity (Wildman–Crippen MR) is 80.5 cm³/mol. The van der Waals surface area contributed by atoms with Gasteiger partial charge in [0.1, 0.15) is 11.0 Å². The van der Waals surface area contributed by atoms with Crippen molar-refractivity contribution in [2.45, 2.75) is 6.42 Å². The first kappa shape index (κ1) is 14.6. The van der Waals surface area contributed by atoms with Crippen LogP contribution in [0.3, 0.4) is 0 Å². The Morgan fingerprint density at radius 1 is 1.44 bits per heavy atom. The van der Waals surface area contributed by atoms with Gasteiger partial charge in [0.25, 0.3) is 0 Å².